The Morgan fingerprint density at radius 3 is 2.75 bits per heavy atom. The van der Waals surface area contributed by atoms with Crippen LogP contribution >= 0.6 is 27.5 Å². The van der Waals surface area contributed by atoms with Crippen molar-refractivity contribution in [3.05, 3.63) is 63.1 Å². The monoisotopic (exact) mass is 349 g/mol. The molecule has 0 N–H and O–H groups in total. The summed E-state index contributed by atoms with van der Waals surface area (Å²) in [5.41, 5.74) is 0.774. The van der Waals surface area contributed by atoms with Gasteiger partial charge in [-0.1, -0.05) is 39.7 Å². The number of nitrogens with zero attached hydrogens (tertiary/aromatic N) is 1. The third-order valence-electron chi connectivity index (χ3n) is 2.60. The standard InChI is InChI=1S/C15H9BrClNO2/c16-11-5-6-15(10(7-11)8-18)20-9-14(19)12-3-1-2-4-13(12)17/h1-7H,9H2. The zero-order valence-corrected chi connectivity index (χ0v) is 12.6. The van der Waals surface area contributed by atoms with Crippen molar-refractivity contribution in [3.63, 3.8) is 0 Å². The molecule has 100 valence electrons. The van der Waals surface area contributed by atoms with Gasteiger partial charge in [0.2, 0.25) is 5.78 Å². The number of halogens is 2. The lowest BCUT2D eigenvalue weighted by atomic mass is 10.1. The number of ketones is 1. The zero-order valence-electron chi connectivity index (χ0n) is 10.3. The number of Topliss-reactive ketones (excluding diaryl/α,β-unsaturated/α-hetero) is 1. The van der Waals surface area contributed by atoms with Crippen molar-refractivity contribution in [2.45, 2.75) is 0 Å². The number of rotatable bonds is 4. The van der Waals surface area contributed by atoms with E-state index in [1.54, 1.807) is 42.5 Å². The van der Waals surface area contributed by atoms with E-state index >= 15 is 0 Å². The molecule has 0 radical (unpaired) electrons. The molecular weight excluding hydrogens is 342 g/mol. The first-order valence-corrected chi connectivity index (χ1v) is 6.89. The third kappa shape index (κ3) is 3.38. The fraction of sp³-hybridized carbons (Fsp3) is 0.0667. The van der Waals surface area contributed by atoms with Gasteiger partial charge < -0.3 is 4.74 Å². The lowest BCUT2D eigenvalue weighted by Gasteiger charge is -2.08. The van der Waals surface area contributed by atoms with Crippen LogP contribution in [0.2, 0.25) is 5.02 Å². The Morgan fingerprint density at radius 1 is 1.30 bits per heavy atom. The SMILES string of the molecule is N#Cc1cc(Br)ccc1OCC(=O)c1ccccc1Cl. The number of hydrogen-bond donors (Lipinski definition) is 0. The summed E-state index contributed by atoms with van der Waals surface area (Å²) in [7, 11) is 0. The molecule has 0 amide bonds. The predicted molar refractivity (Wildman–Crippen MR) is 80.1 cm³/mol. The van der Waals surface area contributed by atoms with Crippen LogP contribution in [0, 0.1) is 11.3 Å². The van der Waals surface area contributed by atoms with Gasteiger partial charge in [0.25, 0.3) is 0 Å². The molecule has 0 fully saturated rings. The van der Waals surface area contributed by atoms with Crippen LogP contribution in [0.4, 0.5) is 0 Å². The third-order valence-corrected chi connectivity index (χ3v) is 3.42. The van der Waals surface area contributed by atoms with Crippen LogP contribution in [0.3, 0.4) is 0 Å². The molecule has 2 rings (SSSR count). The summed E-state index contributed by atoms with van der Waals surface area (Å²) in [6, 6.07) is 13.8. The maximum atomic E-state index is 12.0. The average molecular weight is 351 g/mol. The molecule has 5 heteroatoms. The van der Waals surface area contributed by atoms with Crippen LogP contribution < -0.4 is 4.74 Å². The second-order valence-corrected chi connectivity index (χ2v) is 5.27. The van der Waals surface area contributed by atoms with Gasteiger partial charge in [-0.05, 0) is 30.3 Å². The van der Waals surface area contributed by atoms with Crippen LogP contribution in [0.5, 0.6) is 5.75 Å². The summed E-state index contributed by atoms with van der Waals surface area (Å²) in [4.78, 5) is 12.0. The largest absolute Gasteiger partial charge is 0.484 e. The molecular formula is C15H9BrClNO2. The molecule has 0 unspecified atom stereocenters. The summed E-state index contributed by atoms with van der Waals surface area (Å²) >= 11 is 9.22. The van der Waals surface area contributed by atoms with Gasteiger partial charge in [-0.25, -0.2) is 0 Å². The molecule has 20 heavy (non-hydrogen) atoms. The summed E-state index contributed by atoms with van der Waals surface area (Å²) in [6.07, 6.45) is 0. The van der Waals surface area contributed by atoms with Crippen molar-refractivity contribution in [3.8, 4) is 11.8 Å². The molecule has 0 heterocycles. The lowest BCUT2D eigenvalue weighted by Crippen LogP contribution is -2.12. The van der Waals surface area contributed by atoms with E-state index in [1.165, 1.54) is 0 Å². The Kier molecular flexibility index (Phi) is 4.78. The van der Waals surface area contributed by atoms with Crippen LogP contribution in [0.1, 0.15) is 15.9 Å². The minimum Gasteiger partial charge on any atom is -0.484 e. The second kappa shape index (κ2) is 6.56. The van der Waals surface area contributed by atoms with Crippen molar-refractivity contribution in [1.82, 2.24) is 0 Å². The fourth-order valence-corrected chi connectivity index (χ4v) is 2.23. The maximum Gasteiger partial charge on any atom is 0.201 e. The number of carbonyl (C=O) groups excluding carboxylic acids is 1. The molecule has 2 aromatic carbocycles. The number of hydrogen-bond acceptors (Lipinski definition) is 3. The van der Waals surface area contributed by atoms with Gasteiger partial charge >= 0.3 is 0 Å². The van der Waals surface area contributed by atoms with Crippen molar-refractivity contribution >= 4 is 33.3 Å². The van der Waals surface area contributed by atoms with Gasteiger partial charge in [0.05, 0.1) is 10.6 Å². The highest BCUT2D eigenvalue weighted by Gasteiger charge is 2.12. The van der Waals surface area contributed by atoms with Crippen molar-refractivity contribution < 1.29 is 9.53 Å². The van der Waals surface area contributed by atoms with Crippen LogP contribution in [-0.2, 0) is 0 Å². The highest BCUT2D eigenvalue weighted by Crippen LogP contribution is 2.23. The van der Waals surface area contributed by atoms with Gasteiger partial charge in [-0.3, -0.25) is 4.79 Å². The van der Waals surface area contributed by atoms with E-state index in [0.717, 1.165) is 4.47 Å². The van der Waals surface area contributed by atoms with Crippen molar-refractivity contribution in [1.29, 1.82) is 5.26 Å². The quantitative estimate of drug-likeness (QED) is 0.775. The van der Waals surface area contributed by atoms with E-state index < -0.39 is 0 Å². The van der Waals surface area contributed by atoms with Crippen molar-refractivity contribution in [2.75, 3.05) is 6.61 Å². The summed E-state index contributed by atoms with van der Waals surface area (Å²) < 4.78 is 6.18. The number of benzene rings is 2. The molecule has 0 aliphatic rings. The Balaban J connectivity index is 2.12. The molecule has 0 aliphatic carbocycles. The Bertz CT molecular complexity index is 695. The fourth-order valence-electron chi connectivity index (χ4n) is 1.62. The number of ether oxygens (including phenoxy) is 1. The highest BCUT2D eigenvalue weighted by molar-refractivity contribution is 9.10. The van der Waals surface area contributed by atoms with Crippen LogP contribution in [0.15, 0.2) is 46.9 Å². The highest BCUT2D eigenvalue weighted by atomic mass is 79.9. The van der Waals surface area contributed by atoms with E-state index in [0.29, 0.717) is 21.9 Å². The topological polar surface area (TPSA) is 50.1 Å². The van der Waals surface area contributed by atoms with Crippen LogP contribution in [0.25, 0.3) is 0 Å². The van der Waals surface area contributed by atoms with E-state index in [2.05, 4.69) is 15.9 Å². The van der Waals surface area contributed by atoms with Gasteiger partial charge in [-0.2, -0.15) is 5.26 Å². The Hall–Kier alpha value is -1.83. The van der Waals surface area contributed by atoms with E-state index in [4.69, 9.17) is 21.6 Å². The summed E-state index contributed by atoms with van der Waals surface area (Å²) in [6.45, 7) is -0.167. The van der Waals surface area contributed by atoms with Gasteiger partial charge in [-0.15, -0.1) is 0 Å². The zero-order chi connectivity index (χ0) is 14.5. The maximum absolute atomic E-state index is 12.0. The molecule has 0 aliphatic heterocycles. The molecule has 0 spiro atoms. The lowest BCUT2D eigenvalue weighted by molar-refractivity contribution is 0.0921. The smallest absolute Gasteiger partial charge is 0.201 e. The minimum atomic E-state index is -0.234. The van der Waals surface area contributed by atoms with Crippen molar-refractivity contribution in [2.24, 2.45) is 0 Å². The number of nitriles is 1. The minimum absolute atomic E-state index is 0.167. The summed E-state index contributed by atoms with van der Waals surface area (Å²) in [5.74, 6) is 0.138. The first-order valence-electron chi connectivity index (χ1n) is 5.72. The summed E-state index contributed by atoms with van der Waals surface area (Å²) in [5, 5.41) is 9.40. The van der Waals surface area contributed by atoms with E-state index in [1.807, 2.05) is 6.07 Å². The number of carbonyl (C=O) groups is 1. The Morgan fingerprint density at radius 2 is 2.05 bits per heavy atom. The molecule has 2 aromatic rings. The predicted octanol–water partition coefficient (Wildman–Crippen LogP) is 4.24. The first-order chi connectivity index (χ1) is 9.61. The first kappa shape index (κ1) is 14.6. The molecule has 0 bridgehead atoms. The molecule has 0 saturated heterocycles. The molecule has 0 saturated carbocycles. The normalized spacial score (nSPS) is 9.85. The van der Waals surface area contributed by atoms with E-state index in [9.17, 15) is 4.79 Å². The second-order valence-electron chi connectivity index (χ2n) is 3.94. The molecule has 3 nitrogen and oxygen atoms in total. The molecule has 0 atom stereocenters. The van der Waals surface area contributed by atoms with Gasteiger partial charge in [0.1, 0.15) is 11.8 Å². The molecule has 0 aromatic heterocycles. The van der Waals surface area contributed by atoms with Crippen LogP contribution in [-0.4, -0.2) is 12.4 Å². The van der Waals surface area contributed by atoms with Gasteiger partial charge in [0, 0.05) is 10.0 Å². The van der Waals surface area contributed by atoms with E-state index in [-0.39, 0.29) is 12.4 Å². The Labute approximate surface area is 129 Å². The van der Waals surface area contributed by atoms with Gasteiger partial charge in [0.15, 0.2) is 6.61 Å². The average Bonchev–Trinajstić information content (AvgIpc) is 2.46.